The Morgan fingerprint density at radius 1 is 1.03 bits per heavy atom. The Morgan fingerprint density at radius 2 is 1.58 bits per heavy atom. The summed E-state index contributed by atoms with van der Waals surface area (Å²) in [6.45, 7) is 1.88. The van der Waals surface area contributed by atoms with E-state index in [4.69, 9.17) is 0 Å². The second-order valence-electron chi connectivity index (χ2n) is 9.62. The van der Waals surface area contributed by atoms with Crippen molar-refractivity contribution in [2.24, 2.45) is 7.05 Å². The van der Waals surface area contributed by atoms with Gasteiger partial charge >= 0.3 is 0 Å². The van der Waals surface area contributed by atoms with Crippen LogP contribution in [0.15, 0.2) is 6.20 Å². The summed E-state index contributed by atoms with van der Waals surface area (Å²) in [6.07, 6.45) is 13.5. The van der Waals surface area contributed by atoms with E-state index in [1.54, 1.807) is 4.68 Å². The summed E-state index contributed by atoms with van der Waals surface area (Å²) in [5, 5.41) is 4.38. The van der Waals surface area contributed by atoms with Crippen molar-refractivity contribution in [1.82, 2.24) is 23.7 Å². The summed E-state index contributed by atoms with van der Waals surface area (Å²) in [4.78, 5) is 16.2. The molecule has 1 amide bonds. The minimum absolute atomic E-state index is 0.00193. The lowest BCUT2D eigenvalue weighted by Crippen LogP contribution is -2.61. The second-order valence-corrected chi connectivity index (χ2v) is 11.4. The molecule has 174 valence electrons. The molecule has 4 rings (SSSR count). The summed E-state index contributed by atoms with van der Waals surface area (Å²) in [5.41, 5.74) is 1.64. The van der Waals surface area contributed by atoms with E-state index in [2.05, 4.69) is 14.7 Å². The Hall–Kier alpha value is -1.45. The number of hydrogen-bond acceptors (Lipinski definition) is 4. The molecule has 2 atom stereocenters. The zero-order chi connectivity index (χ0) is 22.2. The third kappa shape index (κ3) is 4.68. The molecule has 1 aromatic rings. The van der Waals surface area contributed by atoms with E-state index >= 15 is 0 Å². The van der Waals surface area contributed by atoms with E-state index in [9.17, 15) is 13.2 Å². The van der Waals surface area contributed by atoms with Crippen LogP contribution in [0.25, 0.3) is 0 Å². The largest absolute Gasteiger partial charge is 0.335 e. The van der Waals surface area contributed by atoms with Gasteiger partial charge in [-0.05, 0) is 39.0 Å². The fourth-order valence-corrected chi connectivity index (χ4v) is 7.07. The molecule has 2 aliphatic carbocycles. The maximum Gasteiger partial charge on any atom is 0.280 e. The average Bonchev–Trinajstić information content (AvgIpc) is 3.09. The van der Waals surface area contributed by atoms with Gasteiger partial charge in [-0.15, -0.1) is 0 Å². The molecular weight excluding hydrogens is 414 g/mol. The molecule has 2 saturated carbocycles. The molecule has 0 radical (unpaired) electrons. The molecule has 0 aromatic carbocycles. The number of rotatable bonds is 4. The maximum absolute atomic E-state index is 14.0. The number of aryl methyl sites for hydroxylation is 2. The molecule has 1 saturated heterocycles. The van der Waals surface area contributed by atoms with E-state index in [1.165, 1.54) is 24.2 Å². The molecule has 3 aliphatic rings. The first-order chi connectivity index (χ1) is 14.8. The van der Waals surface area contributed by atoms with Crippen molar-refractivity contribution in [1.29, 1.82) is 0 Å². The van der Waals surface area contributed by atoms with Crippen molar-refractivity contribution >= 4 is 16.1 Å². The SMILES string of the molecule is Cc1nn(C)cc1[C@@H]1C[C@H](C(=O)N(C2CCCCC2)C2CCCCC2)N(C)S(=O)(=O)N1. The van der Waals surface area contributed by atoms with Crippen LogP contribution >= 0.6 is 0 Å². The number of hydrogen-bond donors (Lipinski definition) is 1. The molecule has 2 heterocycles. The number of nitrogens with one attached hydrogen (secondary N) is 1. The Balaban J connectivity index is 1.64. The van der Waals surface area contributed by atoms with Gasteiger partial charge in [0.2, 0.25) is 5.91 Å². The first-order valence-electron chi connectivity index (χ1n) is 11.9. The van der Waals surface area contributed by atoms with Crippen molar-refractivity contribution < 1.29 is 13.2 Å². The number of aromatic nitrogens is 2. The van der Waals surface area contributed by atoms with Crippen LogP contribution in [-0.4, -0.2) is 58.5 Å². The van der Waals surface area contributed by atoms with E-state index in [1.807, 2.05) is 20.2 Å². The molecule has 1 aromatic heterocycles. The fraction of sp³-hybridized carbons (Fsp3) is 0.818. The van der Waals surface area contributed by atoms with Crippen LogP contribution in [0.1, 0.15) is 87.9 Å². The lowest BCUT2D eigenvalue weighted by molar-refractivity contribution is -0.142. The standard InChI is InChI=1S/C22H37N5O3S/c1-16-19(15-25(2)23-16)20-14-21(26(3)31(29,30)24-20)22(28)27(17-10-6-4-7-11-17)18-12-8-5-9-13-18/h15,17-18,20-21,24H,4-14H2,1-3H3/t20-,21+/m0/s1. The Kier molecular flexibility index (Phi) is 6.74. The minimum Gasteiger partial charge on any atom is -0.335 e. The van der Waals surface area contributed by atoms with Crippen LogP contribution in [0.4, 0.5) is 0 Å². The van der Waals surface area contributed by atoms with E-state index < -0.39 is 22.3 Å². The highest BCUT2D eigenvalue weighted by molar-refractivity contribution is 7.87. The van der Waals surface area contributed by atoms with Gasteiger partial charge in [-0.3, -0.25) is 9.48 Å². The first-order valence-corrected chi connectivity index (χ1v) is 13.3. The summed E-state index contributed by atoms with van der Waals surface area (Å²) in [7, 11) is -0.388. The highest BCUT2D eigenvalue weighted by atomic mass is 32.2. The predicted octanol–water partition coefficient (Wildman–Crippen LogP) is 2.80. The fourth-order valence-electron chi connectivity index (χ4n) is 5.81. The summed E-state index contributed by atoms with van der Waals surface area (Å²) < 4.78 is 31.7. The zero-order valence-corrected chi connectivity index (χ0v) is 19.9. The second kappa shape index (κ2) is 9.19. The molecule has 9 heteroatoms. The van der Waals surface area contributed by atoms with Gasteiger partial charge in [0.25, 0.3) is 10.2 Å². The van der Waals surface area contributed by atoms with Crippen molar-refractivity contribution in [3.8, 4) is 0 Å². The lowest BCUT2D eigenvalue weighted by atomic mass is 9.87. The minimum atomic E-state index is -3.76. The highest BCUT2D eigenvalue weighted by Crippen LogP contribution is 2.35. The average molecular weight is 452 g/mol. The highest BCUT2D eigenvalue weighted by Gasteiger charge is 2.45. The molecular formula is C22H37N5O3S. The molecule has 0 spiro atoms. The third-order valence-corrected chi connectivity index (χ3v) is 9.07. The molecule has 1 N–H and O–H groups in total. The van der Waals surface area contributed by atoms with Gasteiger partial charge < -0.3 is 4.90 Å². The van der Waals surface area contributed by atoms with Gasteiger partial charge in [-0.2, -0.15) is 22.5 Å². The van der Waals surface area contributed by atoms with Gasteiger partial charge in [0.05, 0.1) is 11.7 Å². The van der Waals surface area contributed by atoms with Gasteiger partial charge in [-0.1, -0.05) is 38.5 Å². The van der Waals surface area contributed by atoms with Gasteiger partial charge in [0, 0.05) is 37.9 Å². The molecule has 31 heavy (non-hydrogen) atoms. The number of nitrogens with zero attached hydrogens (tertiary/aromatic N) is 4. The third-order valence-electron chi connectivity index (χ3n) is 7.47. The number of likely N-dealkylation sites (N-methyl/N-ethyl adjacent to an activating group) is 1. The summed E-state index contributed by atoms with van der Waals surface area (Å²) in [5.74, 6) is -0.00193. The van der Waals surface area contributed by atoms with Crippen LogP contribution in [0.5, 0.6) is 0 Å². The van der Waals surface area contributed by atoms with Crippen LogP contribution in [0.3, 0.4) is 0 Å². The number of amides is 1. The van der Waals surface area contributed by atoms with Crippen molar-refractivity contribution in [3.05, 3.63) is 17.5 Å². The monoisotopic (exact) mass is 451 g/mol. The quantitative estimate of drug-likeness (QED) is 0.763. The van der Waals surface area contributed by atoms with Crippen LogP contribution in [0, 0.1) is 6.92 Å². The Morgan fingerprint density at radius 3 is 2.06 bits per heavy atom. The number of carbonyl (C=O) groups excluding carboxylic acids is 1. The van der Waals surface area contributed by atoms with E-state index in [-0.39, 0.29) is 18.0 Å². The molecule has 1 aliphatic heterocycles. The van der Waals surface area contributed by atoms with E-state index in [0.29, 0.717) is 6.42 Å². The lowest BCUT2D eigenvalue weighted by Gasteiger charge is -2.46. The van der Waals surface area contributed by atoms with Crippen LogP contribution in [-0.2, 0) is 22.1 Å². The van der Waals surface area contributed by atoms with Gasteiger partial charge in [0.1, 0.15) is 6.04 Å². The topological polar surface area (TPSA) is 87.5 Å². The van der Waals surface area contributed by atoms with Crippen molar-refractivity contribution in [3.63, 3.8) is 0 Å². The Labute approximate surface area is 186 Å². The van der Waals surface area contributed by atoms with E-state index in [0.717, 1.165) is 62.6 Å². The van der Waals surface area contributed by atoms with Crippen molar-refractivity contribution in [2.75, 3.05) is 7.05 Å². The molecule has 0 unspecified atom stereocenters. The Bertz CT molecular complexity index is 869. The number of carbonyl (C=O) groups is 1. The predicted molar refractivity (Wildman–Crippen MR) is 120 cm³/mol. The molecule has 0 bridgehead atoms. The van der Waals surface area contributed by atoms with Crippen LogP contribution in [0.2, 0.25) is 0 Å². The smallest absolute Gasteiger partial charge is 0.280 e. The van der Waals surface area contributed by atoms with Crippen LogP contribution < -0.4 is 4.72 Å². The summed E-state index contributed by atoms with van der Waals surface area (Å²) in [6, 6.07) is -0.633. The van der Waals surface area contributed by atoms with Crippen molar-refractivity contribution in [2.45, 2.75) is 102 Å². The normalized spacial score (nSPS) is 28.5. The maximum atomic E-state index is 14.0. The molecule has 3 fully saturated rings. The zero-order valence-electron chi connectivity index (χ0n) is 19.1. The van der Waals surface area contributed by atoms with Gasteiger partial charge in [-0.25, -0.2) is 0 Å². The molecule has 8 nitrogen and oxygen atoms in total. The summed E-state index contributed by atoms with van der Waals surface area (Å²) >= 11 is 0. The first kappa shape index (κ1) is 22.7. The van der Waals surface area contributed by atoms with Gasteiger partial charge in [0.15, 0.2) is 0 Å².